The molecule has 0 bridgehead atoms. The summed E-state index contributed by atoms with van der Waals surface area (Å²) in [6.45, 7) is 3.82. The maximum Gasteiger partial charge on any atom is 0.310 e. The van der Waals surface area contributed by atoms with Crippen molar-refractivity contribution in [3.05, 3.63) is 66.0 Å². The lowest BCUT2D eigenvalue weighted by molar-refractivity contribution is -0.148. The summed E-state index contributed by atoms with van der Waals surface area (Å²) in [6, 6.07) is 16.0. The molecule has 2 aromatic heterocycles. The van der Waals surface area contributed by atoms with Crippen molar-refractivity contribution >= 4 is 28.8 Å². The number of ether oxygens (including phenoxy) is 1. The summed E-state index contributed by atoms with van der Waals surface area (Å²) in [4.78, 5) is 24.0. The molecule has 8 nitrogen and oxygen atoms in total. The third kappa shape index (κ3) is 4.66. The van der Waals surface area contributed by atoms with Gasteiger partial charge in [0.05, 0.1) is 30.1 Å². The van der Waals surface area contributed by atoms with Crippen LogP contribution in [0.5, 0.6) is 0 Å². The van der Waals surface area contributed by atoms with Gasteiger partial charge >= 0.3 is 5.97 Å². The Kier molecular flexibility index (Phi) is 6.31. The fraction of sp³-hybridized carbons (Fsp3) is 0.308. The molecule has 9 heteroatoms. The number of anilines is 2. The van der Waals surface area contributed by atoms with Crippen molar-refractivity contribution in [2.24, 2.45) is 5.92 Å². The maximum absolute atomic E-state index is 13.7. The second kappa shape index (κ2) is 9.69. The number of halogens is 1. The predicted octanol–water partition coefficient (Wildman–Crippen LogP) is 4.04. The third-order valence-electron chi connectivity index (χ3n) is 6.24. The zero-order chi connectivity index (χ0) is 24.4. The standard InChI is InChI=1S/C26H27FN6O2/c1-2-35-25(34)19-9-6-14-32(16-19)26-29-22(18-10-12-20(27)13-11-18)21-23(28)33(31-24(21)30-26)15-17-7-4-3-5-8-17/h3-5,7-8,10-13,19H,2,6,9,14-16,28H2,1H3/t19-/m1/s1. The number of carbonyl (C=O) groups is 1. The van der Waals surface area contributed by atoms with E-state index in [4.69, 9.17) is 25.5 Å². The lowest BCUT2D eigenvalue weighted by Crippen LogP contribution is -2.40. The average molecular weight is 475 g/mol. The SMILES string of the molecule is CCOC(=O)[C@@H]1CCCN(c2nc(-c3ccc(F)cc3)c3c(N)n(Cc4ccccc4)nc3n2)C1. The number of rotatable bonds is 6. The highest BCUT2D eigenvalue weighted by Gasteiger charge is 2.29. The number of aromatic nitrogens is 4. The highest BCUT2D eigenvalue weighted by molar-refractivity contribution is 5.99. The molecule has 1 atom stereocenters. The van der Waals surface area contributed by atoms with E-state index in [1.807, 2.05) is 35.2 Å². The Balaban J connectivity index is 1.59. The number of nitrogens with zero attached hydrogens (tertiary/aromatic N) is 5. The van der Waals surface area contributed by atoms with Gasteiger partial charge in [-0.3, -0.25) is 4.79 Å². The Hall–Kier alpha value is -4.01. The molecular weight excluding hydrogens is 447 g/mol. The molecule has 1 aliphatic rings. The molecule has 0 spiro atoms. The molecule has 2 aromatic carbocycles. The van der Waals surface area contributed by atoms with Crippen LogP contribution in [0.3, 0.4) is 0 Å². The molecule has 0 aliphatic carbocycles. The number of nitrogen functional groups attached to an aromatic ring is 1. The predicted molar refractivity (Wildman–Crippen MR) is 132 cm³/mol. The van der Waals surface area contributed by atoms with E-state index in [9.17, 15) is 9.18 Å². The Labute approximate surface area is 202 Å². The Morgan fingerprint density at radius 3 is 2.66 bits per heavy atom. The molecule has 5 rings (SSSR count). The van der Waals surface area contributed by atoms with E-state index in [0.717, 1.165) is 18.4 Å². The number of hydrogen-bond acceptors (Lipinski definition) is 7. The van der Waals surface area contributed by atoms with Gasteiger partial charge in [-0.25, -0.2) is 14.1 Å². The number of piperidine rings is 1. The summed E-state index contributed by atoms with van der Waals surface area (Å²) in [6.07, 6.45) is 1.59. The van der Waals surface area contributed by atoms with Crippen LogP contribution in [0.25, 0.3) is 22.3 Å². The van der Waals surface area contributed by atoms with Crippen molar-refractivity contribution in [2.45, 2.75) is 26.3 Å². The van der Waals surface area contributed by atoms with Crippen molar-refractivity contribution in [3.63, 3.8) is 0 Å². The van der Waals surface area contributed by atoms with E-state index >= 15 is 0 Å². The van der Waals surface area contributed by atoms with Gasteiger partial charge in [0.1, 0.15) is 11.6 Å². The minimum atomic E-state index is -0.333. The van der Waals surface area contributed by atoms with Crippen LogP contribution in [0, 0.1) is 11.7 Å². The molecule has 1 aliphatic heterocycles. The van der Waals surface area contributed by atoms with Crippen molar-refractivity contribution in [3.8, 4) is 11.3 Å². The summed E-state index contributed by atoms with van der Waals surface area (Å²) in [5, 5.41) is 5.32. The monoisotopic (exact) mass is 474 g/mol. The maximum atomic E-state index is 13.7. The van der Waals surface area contributed by atoms with E-state index in [0.29, 0.717) is 60.3 Å². The van der Waals surface area contributed by atoms with Crippen LogP contribution in [0.15, 0.2) is 54.6 Å². The Bertz CT molecular complexity index is 1340. The van der Waals surface area contributed by atoms with Crippen molar-refractivity contribution in [1.82, 2.24) is 19.7 Å². The zero-order valence-electron chi connectivity index (χ0n) is 19.5. The smallest absolute Gasteiger partial charge is 0.310 e. The number of fused-ring (bicyclic) bond motifs is 1. The number of benzene rings is 2. The molecule has 0 unspecified atom stereocenters. The van der Waals surface area contributed by atoms with Crippen LogP contribution in [0.4, 0.5) is 16.2 Å². The van der Waals surface area contributed by atoms with Crippen molar-refractivity contribution in [1.29, 1.82) is 0 Å². The van der Waals surface area contributed by atoms with E-state index in [1.165, 1.54) is 12.1 Å². The Morgan fingerprint density at radius 1 is 1.14 bits per heavy atom. The molecule has 180 valence electrons. The van der Waals surface area contributed by atoms with Crippen LogP contribution in [0.1, 0.15) is 25.3 Å². The molecule has 3 heterocycles. The lowest BCUT2D eigenvalue weighted by Gasteiger charge is -2.31. The normalized spacial score (nSPS) is 15.9. The van der Waals surface area contributed by atoms with Gasteiger partial charge in [-0.15, -0.1) is 5.10 Å². The van der Waals surface area contributed by atoms with Gasteiger partial charge in [0, 0.05) is 18.7 Å². The van der Waals surface area contributed by atoms with Crippen molar-refractivity contribution < 1.29 is 13.9 Å². The van der Waals surface area contributed by atoms with Crippen LogP contribution in [-0.2, 0) is 16.1 Å². The minimum absolute atomic E-state index is 0.201. The first-order chi connectivity index (χ1) is 17.0. The summed E-state index contributed by atoms with van der Waals surface area (Å²) >= 11 is 0. The van der Waals surface area contributed by atoms with Crippen molar-refractivity contribution in [2.75, 3.05) is 30.3 Å². The lowest BCUT2D eigenvalue weighted by atomic mass is 9.98. The zero-order valence-corrected chi connectivity index (χ0v) is 19.5. The topological polar surface area (TPSA) is 99.2 Å². The number of hydrogen-bond donors (Lipinski definition) is 1. The first-order valence-electron chi connectivity index (χ1n) is 11.8. The number of nitrogens with two attached hydrogens (primary N) is 1. The minimum Gasteiger partial charge on any atom is -0.466 e. The highest BCUT2D eigenvalue weighted by Crippen LogP contribution is 2.33. The van der Waals surface area contributed by atoms with Crippen LogP contribution in [0.2, 0.25) is 0 Å². The summed E-state index contributed by atoms with van der Waals surface area (Å²) in [5.74, 6) is 0.139. The number of carbonyl (C=O) groups excluding carboxylic acids is 1. The van der Waals surface area contributed by atoms with Crippen LogP contribution < -0.4 is 10.6 Å². The van der Waals surface area contributed by atoms with Crippen LogP contribution >= 0.6 is 0 Å². The van der Waals surface area contributed by atoms with Gasteiger partial charge in [-0.2, -0.15) is 4.98 Å². The van der Waals surface area contributed by atoms with Crippen LogP contribution in [-0.4, -0.2) is 45.4 Å². The molecule has 1 fully saturated rings. The summed E-state index contributed by atoms with van der Waals surface area (Å²) in [5.41, 5.74) is 9.36. The molecule has 2 N–H and O–H groups in total. The van der Waals surface area contributed by atoms with Gasteiger partial charge < -0.3 is 15.4 Å². The summed E-state index contributed by atoms with van der Waals surface area (Å²) < 4.78 is 20.6. The first kappa shape index (κ1) is 22.8. The Morgan fingerprint density at radius 2 is 1.91 bits per heavy atom. The molecule has 0 amide bonds. The largest absolute Gasteiger partial charge is 0.466 e. The molecule has 0 saturated carbocycles. The highest BCUT2D eigenvalue weighted by atomic mass is 19.1. The molecule has 0 radical (unpaired) electrons. The van der Waals surface area contributed by atoms with E-state index in [2.05, 4.69) is 0 Å². The first-order valence-corrected chi connectivity index (χ1v) is 11.8. The average Bonchev–Trinajstić information content (AvgIpc) is 3.19. The van der Waals surface area contributed by atoms with Gasteiger partial charge in [-0.1, -0.05) is 30.3 Å². The molecular formula is C26H27FN6O2. The van der Waals surface area contributed by atoms with Gasteiger partial charge in [0.25, 0.3) is 0 Å². The fourth-order valence-corrected chi connectivity index (χ4v) is 4.49. The van der Waals surface area contributed by atoms with E-state index in [-0.39, 0.29) is 17.7 Å². The number of esters is 1. The molecule has 1 saturated heterocycles. The third-order valence-corrected chi connectivity index (χ3v) is 6.24. The van der Waals surface area contributed by atoms with Gasteiger partial charge in [0.15, 0.2) is 5.65 Å². The quantitative estimate of drug-likeness (QED) is 0.421. The second-order valence-electron chi connectivity index (χ2n) is 8.64. The second-order valence-corrected chi connectivity index (χ2v) is 8.64. The molecule has 35 heavy (non-hydrogen) atoms. The van der Waals surface area contributed by atoms with Gasteiger partial charge in [-0.05, 0) is 49.6 Å². The molecule has 4 aromatic rings. The van der Waals surface area contributed by atoms with E-state index in [1.54, 1.807) is 23.7 Å². The van der Waals surface area contributed by atoms with Gasteiger partial charge in [0.2, 0.25) is 5.95 Å². The summed E-state index contributed by atoms with van der Waals surface area (Å²) in [7, 11) is 0. The van der Waals surface area contributed by atoms with E-state index < -0.39 is 0 Å². The fourth-order valence-electron chi connectivity index (χ4n) is 4.49.